The van der Waals surface area contributed by atoms with Crippen molar-refractivity contribution in [2.75, 3.05) is 14.1 Å². The summed E-state index contributed by atoms with van der Waals surface area (Å²) >= 11 is 3.22. The largest absolute Gasteiger partial charge is 0.303 e. The van der Waals surface area contributed by atoms with E-state index in [0.717, 1.165) is 0 Å². The van der Waals surface area contributed by atoms with Crippen molar-refractivity contribution < 1.29 is 4.92 Å². The third-order valence-corrected chi connectivity index (χ3v) is 2.46. The molecular weight excluding hydrogens is 276 g/mol. The van der Waals surface area contributed by atoms with E-state index in [1.807, 2.05) is 0 Å². The summed E-state index contributed by atoms with van der Waals surface area (Å²) < 4.78 is 0.551. The Morgan fingerprint density at radius 3 is 2.75 bits per heavy atom. The number of hydrogen-bond donors (Lipinski definition) is 0. The molecule has 86 valence electrons. The van der Waals surface area contributed by atoms with Gasteiger partial charge in [0.05, 0.1) is 21.2 Å². The lowest BCUT2D eigenvalue weighted by molar-refractivity contribution is -0.385. The minimum Gasteiger partial charge on any atom is -0.303 e. The smallest absolute Gasteiger partial charge is 0.300 e. The van der Waals surface area contributed by atoms with E-state index < -0.39 is 4.92 Å². The van der Waals surface area contributed by atoms with Crippen LogP contribution in [0.15, 0.2) is 15.8 Å². The molecule has 1 aromatic heterocycles. The zero-order valence-corrected chi connectivity index (χ0v) is 10.7. The highest BCUT2D eigenvalue weighted by molar-refractivity contribution is 9.10. The molecule has 0 radical (unpaired) electrons. The van der Waals surface area contributed by atoms with Gasteiger partial charge in [-0.2, -0.15) is 5.10 Å². The lowest BCUT2D eigenvalue weighted by Crippen LogP contribution is -2.05. The van der Waals surface area contributed by atoms with E-state index in [1.54, 1.807) is 26.0 Å². The molecular formula is C9H11BrN4O2. The zero-order valence-electron chi connectivity index (χ0n) is 9.14. The van der Waals surface area contributed by atoms with E-state index in [-0.39, 0.29) is 5.69 Å². The average molecular weight is 287 g/mol. The summed E-state index contributed by atoms with van der Waals surface area (Å²) in [5.74, 6) is 0. The molecule has 0 bridgehead atoms. The molecule has 6 nitrogen and oxygen atoms in total. The molecule has 0 aliphatic carbocycles. The van der Waals surface area contributed by atoms with Crippen LogP contribution in [-0.4, -0.2) is 35.2 Å². The van der Waals surface area contributed by atoms with Gasteiger partial charge in [-0.1, -0.05) is 0 Å². The molecule has 1 rings (SSSR count). The molecule has 0 unspecified atom stereocenters. The predicted octanol–water partition coefficient (Wildman–Crippen LogP) is 1.96. The normalized spacial score (nSPS) is 10.8. The monoisotopic (exact) mass is 286 g/mol. The van der Waals surface area contributed by atoms with Gasteiger partial charge in [0.25, 0.3) is 5.69 Å². The fourth-order valence-electron chi connectivity index (χ4n) is 1.12. The number of rotatable bonds is 3. The van der Waals surface area contributed by atoms with Crippen molar-refractivity contribution in [2.24, 2.45) is 5.10 Å². The molecule has 16 heavy (non-hydrogen) atoms. The topological polar surface area (TPSA) is 71.6 Å². The van der Waals surface area contributed by atoms with Crippen molar-refractivity contribution in [1.29, 1.82) is 0 Å². The number of halogens is 1. The van der Waals surface area contributed by atoms with Gasteiger partial charge in [-0.15, -0.1) is 0 Å². The average Bonchev–Trinajstić information content (AvgIpc) is 2.18. The molecule has 0 saturated heterocycles. The van der Waals surface area contributed by atoms with E-state index in [4.69, 9.17) is 0 Å². The molecule has 0 atom stereocenters. The molecule has 1 aromatic rings. The first-order valence-corrected chi connectivity index (χ1v) is 5.23. The van der Waals surface area contributed by atoms with E-state index >= 15 is 0 Å². The second-order valence-corrected chi connectivity index (χ2v) is 4.16. The van der Waals surface area contributed by atoms with Crippen LogP contribution in [0.3, 0.4) is 0 Å². The summed E-state index contributed by atoms with van der Waals surface area (Å²) in [6.07, 6.45) is 2.97. The molecule has 0 aliphatic rings. The van der Waals surface area contributed by atoms with Crippen molar-refractivity contribution in [3.8, 4) is 0 Å². The third-order valence-electron chi connectivity index (χ3n) is 1.83. The molecule has 7 heteroatoms. The van der Waals surface area contributed by atoms with Crippen molar-refractivity contribution in [1.82, 2.24) is 9.99 Å². The van der Waals surface area contributed by atoms with Crippen molar-refractivity contribution in [3.05, 3.63) is 32.0 Å². The van der Waals surface area contributed by atoms with Crippen LogP contribution in [0.1, 0.15) is 11.3 Å². The number of nitro groups is 1. The number of nitrogens with zero attached hydrogens (tertiary/aromatic N) is 4. The van der Waals surface area contributed by atoms with E-state index in [1.165, 1.54) is 12.4 Å². The first-order chi connectivity index (χ1) is 7.43. The van der Waals surface area contributed by atoms with Gasteiger partial charge in [0.1, 0.15) is 5.69 Å². The van der Waals surface area contributed by atoms with Gasteiger partial charge in [0, 0.05) is 20.3 Å². The van der Waals surface area contributed by atoms with Crippen molar-refractivity contribution in [3.63, 3.8) is 0 Å². The number of hydrogen-bond acceptors (Lipinski definition) is 5. The fourth-order valence-corrected chi connectivity index (χ4v) is 1.51. The van der Waals surface area contributed by atoms with E-state index in [9.17, 15) is 10.1 Å². The van der Waals surface area contributed by atoms with Crippen LogP contribution >= 0.6 is 15.9 Å². The van der Waals surface area contributed by atoms with E-state index in [0.29, 0.717) is 15.7 Å². The molecule has 0 amide bonds. The SMILES string of the molecule is Cc1ncc(Br)c(/C=N\N(C)C)c1[N+](=O)[O-]. The molecule has 1 heterocycles. The Morgan fingerprint density at radius 1 is 1.62 bits per heavy atom. The molecule has 0 aromatic carbocycles. The Bertz CT molecular complexity index is 445. The number of aryl methyl sites for hydroxylation is 1. The van der Waals surface area contributed by atoms with E-state index in [2.05, 4.69) is 26.0 Å². The van der Waals surface area contributed by atoms with Crippen LogP contribution in [0, 0.1) is 17.0 Å². The lowest BCUT2D eigenvalue weighted by atomic mass is 10.2. The summed E-state index contributed by atoms with van der Waals surface area (Å²) in [7, 11) is 3.48. The second kappa shape index (κ2) is 5.02. The van der Waals surface area contributed by atoms with Gasteiger partial charge in [-0.25, -0.2) is 0 Å². The Labute approximate surface area is 101 Å². The molecule has 0 N–H and O–H groups in total. The maximum Gasteiger partial charge on any atom is 0.300 e. The second-order valence-electron chi connectivity index (χ2n) is 3.30. The van der Waals surface area contributed by atoms with Crippen LogP contribution in [-0.2, 0) is 0 Å². The van der Waals surface area contributed by atoms with Gasteiger partial charge in [0.15, 0.2) is 0 Å². The Balaban J connectivity index is 3.34. The Morgan fingerprint density at radius 2 is 2.25 bits per heavy atom. The Hall–Kier alpha value is -1.50. The van der Waals surface area contributed by atoms with Gasteiger partial charge in [-0.3, -0.25) is 15.1 Å². The predicted molar refractivity (Wildman–Crippen MR) is 64.6 cm³/mol. The maximum atomic E-state index is 10.9. The van der Waals surface area contributed by atoms with Gasteiger partial charge >= 0.3 is 0 Å². The summed E-state index contributed by atoms with van der Waals surface area (Å²) in [5.41, 5.74) is 0.764. The number of pyridine rings is 1. The van der Waals surface area contributed by atoms with Gasteiger partial charge in [0.2, 0.25) is 0 Å². The lowest BCUT2D eigenvalue weighted by Gasteiger charge is -2.05. The number of hydrazone groups is 1. The van der Waals surface area contributed by atoms with Crippen LogP contribution in [0.5, 0.6) is 0 Å². The molecule has 0 spiro atoms. The standard InChI is InChI=1S/C9H11BrN4O2/c1-6-9(14(15)16)7(4-12-13(2)3)8(10)5-11-6/h4-5H,1-3H3/b12-4-. The summed E-state index contributed by atoms with van der Waals surface area (Å²) in [6.45, 7) is 1.59. The van der Waals surface area contributed by atoms with Crippen LogP contribution in [0.25, 0.3) is 0 Å². The molecule has 0 fully saturated rings. The highest BCUT2D eigenvalue weighted by Crippen LogP contribution is 2.26. The highest BCUT2D eigenvalue weighted by atomic mass is 79.9. The van der Waals surface area contributed by atoms with Crippen LogP contribution in [0.4, 0.5) is 5.69 Å². The zero-order chi connectivity index (χ0) is 12.3. The maximum absolute atomic E-state index is 10.9. The molecule has 0 aliphatic heterocycles. The van der Waals surface area contributed by atoms with Crippen LogP contribution < -0.4 is 0 Å². The van der Waals surface area contributed by atoms with Crippen LogP contribution in [0.2, 0.25) is 0 Å². The minimum absolute atomic E-state index is 0.0278. The van der Waals surface area contributed by atoms with Crippen molar-refractivity contribution >= 4 is 27.8 Å². The Kier molecular flexibility index (Phi) is 3.94. The molecule has 0 saturated carbocycles. The van der Waals surface area contributed by atoms with Gasteiger partial charge < -0.3 is 5.01 Å². The van der Waals surface area contributed by atoms with Gasteiger partial charge in [-0.05, 0) is 22.9 Å². The highest BCUT2D eigenvalue weighted by Gasteiger charge is 2.19. The third kappa shape index (κ3) is 2.75. The minimum atomic E-state index is -0.454. The van der Waals surface area contributed by atoms with Crippen molar-refractivity contribution in [2.45, 2.75) is 6.92 Å². The summed E-state index contributed by atoms with van der Waals surface area (Å²) in [4.78, 5) is 14.4. The quantitative estimate of drug-likeness (QED) is 0.484. The first kappa shape index (κ1) is 12.6. The fraction of sp³-hybridized carbons (Fsp3) is 0.333. The summed E-state index contributed by atoms with van der Waals surface area (Å²) in [5, 5.41) is 16.5. The first-order valence-electron chi connectivity index (χ1n) is 4.44. The number of aromatic nitrogens is 1. The summed E-state index contributed by atoms with van der Waals surface area (Å²) in [6, 6.07) is 0.